The Labute approximate surface area is 149 Å². The first-order chi connectivity index (χ1) is 12.2. The van der Waals surface area contributed by atoms with Crippen molar-refractivity contribution >= 4 is 29.3 Å². The molecule has 7 heteroatoms. The fraction of sp³-hybridized carbons (Fsp3) is 0.222. The molecule has 0 saturated heterocycles. The van der Waals surface area contributed by atoms with E-state index in [1.165, 1.54) is 11.8 Å². The fourth-order valence-corrected chi connectivity index (χ4v) is 2.88. The van der Waals surface area contributed by atoms with E-state index in [1.807, 2.05) is 30.3 Å². The van der Waals surface area contributed by atoms with Crippen LogP contribution in [-0.4, -0.2) is 37.4 Å². The van der Waals surface area contributed by atoms with E-state index in [0.717, 1.165) is 4.90 Å². The predicted molar refractivity (Wildman–Crippen MR) is 94.2 cm³/mol. The Hall–Kier alpha value is -2.67. The third-order valence-electron chi connectivity index (χ3n) is 3.29. The van der Waals surface area contributed by atoms with Crippen molar-refractivity contribution in [3.8, 4) is 11.5 Å². The Kier molecular flexibility index (Phi) is 5.79. The number of thioether (sulfide) groups is 1. The summed E-state index contributed by atoms with van der Waals surface area (Å²) in [4.78, 5) is 24.6. The molecule has 0 aromatic heterocycles. The van der Waals surface area contributed by atoms with Crippen molar-refractivity contribution in [3.05, 3.63) is 48.5 Å². The third kappa shape index (κ3) is 5.15. The summed E-state index contributed by atoms with van der Waals surface area (Å²) < 4.78 is 15.9. The molecule has 0 aliphatic carbocycles. The number of hydrogen-bond donors (Lipinski definition) is 1. The zero-order chi connectivity index (χ0) is 17.5. The molecule has 2 aromatic rings. The number of ether oxygens (including phenoxy) is 3. The molecule has 0 saturated carbocycles. The summed E-state index contributed by atoms with van der Waals surface area (Å²) in [6.45, 7) is 0.652. The van der Waals surface area contributed by atoms with Gasteiger partial charge in [-0.2, -0.15) is 0 Å². The van der Waals surface area contributed by atoms with Gasteiger partial charge in [0.05, 0.1) is 5.75 Å². The number of esters is 1. The lowest BCUT2D eigenvalue weighted by molar-refractivity contribution is -0.144. The number of rotatable bonds is 6. The number of hydrogen-bond acceptors (Lipinski definition) is 6. The summed E-state index contributed by atoms with van der Waals surface area (Å²) in [7, 11) is 0. The highest BCUT2D eigenvalue weighted by Gasteiger charge is 2.13. The van der Waals surface area contributed by atoms with Gasteiger partial charge in [0.25, 0.3) is 5.91 Å². The van der Waals surface area contributed by atoms with Gasteiger partial charge in [-0.05, 0) is 24.3 Å². The Bertz CT molecular complexity index is 750. The predicted octanol–water partition coefficient (Wildman–Crippen LogP) is 2.73. The minimum Gasteiger partial charge on any atom is -0.486 e. The Balaban J connectivity index is 1.42. The largest absolute Gasteiger partial charge is 0.486 e. The van der Waals surface area contributed by atoms with Crippen LogP contribution >= 0.6 is 11.8 Å². The van der Waals surface area contributed by atoms with Crippen LogP contribution in [0.15, 0.2) is 53.4 Å². The van der Waals surface area contributed by atoms with Gasteiger partial charge in [-0.15, -0.1) is 11.8 Å². The second-order valence-corrected chi connectivity index (χ2v) is 6.22. The number of anilines is 1. The van der Waals surface area contributed by atoms with Gasteiger partial charge >= 0.3 is 5.97 Å². The molecule has 1 heterocycles. The van der Waals surface area contributed by atoms with Crippen molar-refractivity contribution in [2.45, 2.75) is 4.90 Å². The SMILES string of the molecule is O=C(COC(=O)CSc1ccccc1)Nc1ccc2c(c1)OCCO2. The summed E-state index contributed by atoms with van der Waals surface area (Å²) >= 11 is 1.36. The van der Waals surface area contributed by atoms with E-state index in [9.17, 15) is 9.59 Å². The van der Waals surface area contributed by atoms with E-state index in [4.69, 9.17) is 14.2 Å². The van der Waals surface area contributed by atoms with Crippen LogP contribution in [0.1, 0.15) is 0 Å². The maximum absolute atomic E-state index is 11.9. The zero-order valence-electron chi connectivity index (χ0n) is 13.4. The number of nitrogens with one attached hydrogen (secondary N) is 1. The molecule has 2 aromatic carbocycles. The van der Waals surface area contributed by atoms with Crippen LogP contribution in [0.2, 0.25) is 0 Å². The summed E-state index contributed by atoms with van der Waals surface area (Å²) in [5, 5.41) is 2.66. The molecule has 0 atom stereocenters. The van der Waals surface area contributed by atoms with Gasteiger partial charge in [0, 0.05) is 16.6 Å². The molecule has 0 radical (unpaired) electrons. The molecule has 0 bridgehead atoms. The first-order valence-electron chi connectivity index (χ1n) is 7.74. The van der Waals surface area contributed by atoms with Crippen LogP contribution < -0.4 is 14.8 Å². The van der Waals surface area contributed by atoms with E-state index >= 15 is 0 Å². The van der Waals surface area contributed by atoms with E-state index in [1.54, 1.807) is 18.2 Å². The van der Waals surface area contributed by atoms with Gasteiger partial charge < -0.3 is 19.5 Å². The Morgan fingerprint density at radius 1 is 1.04 bits per heavy atom. The number of benzene rings is 2. The lowest BCUT2D eigenvalue weighted by Crippen LogP contribution is -2.22. The summed E-state index contributed by atoms with van der Waals surface area (Å²) in [5.74, 6) is 0.538. The fourth-order valence-electron chi connectivity index (χ4n) is 2.16. The summed E-state index contributed by atoms with van der Waals surface area (Å²) in [5.41, 5.74) is 0.559. The van der Waals surface area contributed by atoms with Crippen LogP contribution in [0.4, 0.5) is 5.69 Å². The molecule has 0 fully saturated rings. The number of carbonyl (C=O) groups is 2. The first kappa shape index (κ1) is 17.2. The van der Waals surface area contributed by atoms with Crippen molar-refractivity contribution < 1.29 is 23.8 Å². The monoisotopic (exact) mass is 359 g/mol. The molecular formula is C18H17NO5S. The maximum atomic E-state index is 11.9. The highest BCUT2D eigenvalue weighted by atomic mass is 32.2. The Morgan fingerprint density at radius 2 is 1.80 bits per heavy atom. The van der Waals surface area contributed by atoms with Gasteiger partial charge in [-0.25, -0.2) is 0 Å². The topological polar surface area (TPSA) is 73.9 Å². The maximum Gasteiger partial charge on any atom is 0.316 e. The van der Waals surface area contributed by atoms with Crippen molar-refractivity contribution in [1.82, 2.24) is 0 Å². The summed E-state index contributed by atoms with van der Waals surface area (Å²) in [6, 6.07) is 14.6. The molecule has 0 unspecified atom stereocenters. The molecule has 1 aliphatic rings. The average molecular weight is 359 g/mol. The van der Waals surface area contributed by atoms with Crippen LogP contribution in [0, 0.1) is 0 Å². The van der Waals surface area contributed by atoms with Crippen molar-refractivity contribution in [3.63, 3.8) is 0 Å². The lowest BCUT2D eigenvalue weighted by Gasteiger charge is -2.19. The van der Waals surface area contributed by atoms with Crippen LogP contribution in [0.3, 0.4) is 0 Å². The molecule has 1 aliphatic heterocycles. The Morgan fingerprint density at radius 3 is 2.60 bits per heavy atom. The summed E-state index contributed by atoms with van der Waals surface area (Å²) in [6.07, 6.45) is 0. The third-order valence-corrected chi connectivity index (χ3v) is 4.28. The number of carbonyl (C=O) groups excluding carboxylic acids is 2. The van der Waals surface area contributed by atoms with E-state index in [0.29, 0.717) is 30.4 Å². The number of fused-ring (bicyclic) bond motifs is 1. The smallest absolute Gasteiger partial charge is 0.316 e. The highest BCUT2D eigenvalue weighted by molar-refractivity contribution is 8.00. The van der Waals surface area contributed by atoms with E-state index in [-0.39, 0.29) is 12.4 Å². The van der Waals surface area contributed by atoms with Gasteiger partial charge in [-0.3, -0.25) is 9.59 Å². The van der Waals surface area contributed by atoms with Gasteiger partial charge in [0.1, 0.15) is 13.2 Å². The lowest BCUT2D eigenvalue weighted by atomic mass is 10.2. The van der Waals surface area contributed by atoms with Crippen molar-refractivity contribution in [2.24, 2.45) is 0 Å². The van der Waals surface area contributed by atoms with E-state index < -0.39 is 11.9 Å². The van der Waals surface area contributed by atoms with Crippen molar-refractivity contribution in [2.75, 3.05) is 30.9 Å². The first-order valence-corrected chi connectivity index (χ1v) is 8.72. The second-order valence-electron chi connectivity index (χ2n) is 5.17. The molecular weight excluding hydrogens is 342 g/mol. The standard InChI is InChI=1S/C18H17NO5S/c20-17(11-24-18(21)12-25-14-4-2-1-3-5-14)19-13-6-7-15-16(10-13)23-9-8-22-15/h1-7,10H,8-9,11-12H2,(H,19,20). The van der Waals surface area contributed by atoms with Crippen LogP contribution in [0.5, 0.6) is 11.5 Å². The molecule has 1 amide bonds. The molecule has 6 nitrogen and oxygen atoms in total. The van der Waals surface area contributed by atoms with E-state index in [2.05, 4.69) is 5.32 Å². The van der Waals surface area contributed by atoms with Gasteiger partial charge in [0.2, 0.25) is 0 Å². The second kappa shape index (κ2) is 8.43. The molecule has 25 heavy (non-hydrogen) atoms. The quantitative estimate of drug-likeness (QED) is 0.631. The van der Waals surface area contributed by atoms with Gasteiger partial charge in [-0.1, -0.05) is 18.2 Å². The highest BCUT2D eigenvalue weighted by Crippen LogP contribution is 2.32. The van der Waals surface area contributed by atoms with Crippen LogP contribution in [0.25, 0.3) is 0 Å². The molecule has 3 rings (SSSR count). The molecule has 1 N–H and O–H groups in total. The zero-order valence-corrected chi connectivity index (χ0v) is 14.2. The van der Waals surface area contributed by atoms with Crippen LogP contribution in [-0.2, 0) is 14.3 Å². The van der Waals surface area contributed by atoms with Crippen molar-refractivity contribution in [1.29, 1.82) is 0 Å². The molecule has 0 spiro atoms. The minimum absolute atomic E-state index is 0.154. The normalized spacial score (nSPS) is 12.3. The molecule has 130 valence electrons. The number of amides is 1. The average Bonchev–Trinajstić information content (AvgIpc) is 2.65. The van der Waals surface area contributed by atoms with Gasteiger partial charge in [0.15, 0.2) is 18.1 Å². The minimum atomic E-state index is -0.439.